The molecule has 7 nitrogen and oxygen atoms in total. The molecule has 1 aliphatic heterocycles. The third kappa shape index (κ3) is 4.41. The van der Waals surface area contributed by atoms with Crippen molar-refractivity contribution in [1.29, 1.82) is 0 Å². The van der Waals surface area contributed by atoms with Gasteiger partial charge in [-0.05, 0) is 7.05 Å². The van der Waals surface area contributed by atoms with Gasteiger partial charge in [-0.15, -0.1) is 0 Å². The van der Waals surface area contributed by atoms with Crippen molar-refractivity contribution in [1.82, 2.24) is 14.2 Å². The van der Waals surface area contributed by atoms with E-state index in [2.05, 4.69) is 10.0 Å². The molecule has 2 aromatic rings. The predicted molar refractivity (Wildman–Crippen MR) is 101 cm³/mol. The van der Waals surface area contributed by atoms with Gasteiger partial charge in [0.25, 0.3) is 5.91 Å². The molecular formula is C18H20F4N4O3S. The van der Waals surface area contributed by atoms with Crippen LogP contribution in [0.1, 0.15) is 10.5 Å². The summed E-state index contributed by atoms with van der Waals surface area (Å²) in [5.74, 6) is -7.03. The molecular weight excluding hydrogens is 428 g/mol. The van der Waals surface area contributed by atoms with Crippen molar-refractivity contribution in [3.05, 3.63) is 47.3 Å². The first-order valence-electron chi connectivity index (χ1n) is 8.90. The average Bonchev–Trinajstić information content (AvgIpc) is 3.17. The molecule has 3 unspecified atom stereocenters. The average molecular weight is 448 g/mol. The number of carbonyl (C=O) groups excluding carboxylic acids is 1. The van der Waals surface area contributed by atoms with Crippen molar-refractivity contribution in [3.8, 4) is 0 Å². The van der Waals surface area contributed by atoms with E-state index in [1.54, 1.807) is 0 Å². The van der Waals surface area contributed by atoms with E-state index >= 15 is 0 Å². The topological polar surface area (TPSA) is 86.6 Å². The van der Waals surface area contributed by atoms with Crippen LogP contribution in [0.5, 0.6) is 0 Å². The van der Waals surface area contributed by atoms with Crippen molar-refractivity contribution in [2.24, 2.45) is 13.0 Å². The molecule has 0 spiro atoms. The van der Waals surface area contributed by atoms with Crippen LogP contribution in [-0.4, -0.2) is 57.5 Å². The smallest absolute Gasteiger partial charge is 0.275 e. The highest BCUT2D eigenvalue weighted by molar-refractivity contribution is 7.83. The number of anilines is 1. The maximum Gasteiger partial charge on any atom is 0.275 e. The predicted octanol–water partition coefficient (Wildman–Crippen LogP) is 1.37. The monoisotopic (exact) mass is 448 g/mol. The molecule has 1 aromatic heterocycles. The van der Waals surface area contributed by atoms with Crippen LogP contribution in [0.2, 0.25) is 0 Å². The van der Waals surface area contributed by atoms with Crippen LogP contribution in [0.3, 0.4) is 0 Å². The van der Waals surface area contributed by atoms with Crippen LogP contribution in [0.25, 0.3) is 0 Å². The Labute approximate surface area is 172 Å². The number of rotatable bonds is 6. The Kier molecular flexibility index (Phi) is 6.60. The van der Waals surface area contributed by atoms with Crippen LogP contribution < -0.4 is 10.0 Å². The van der Waals surface area contributed by atoms with Crippen molar-refractivity contribution in [3.63, 3.8) is 0 Å². The van der Waals surface area contributed by atoms with Crippen molar-refractivity contribution < 1.29 is 31.7 Å². The minimum absolute atomic E-state index is 0.130. The molecule has 0 bridgehead atoms. The number of aryl methyl sites for hydroxylation is 1. The fraction of sp³-hybridized carbons (Fsp3) is 0.389. The van der Waals surface area contributed by atoms with Gasteiger partial charge in [0.1, 0.15) is 21.6 Å². The van der Waals surface area contributed by atoms with E-state index < -0.39 is 51.5 Å². The summed E-state index contributed by atoms with van der Waals surface area (Å²) in [5, 5.41) is 11.5. The van der Waals surface area contributed by atoms with Crippen molar-refractivity contribution in [2.45, 2.75) is 10.9 Å². The molecule has 1 fully saturated rings. The van der Waals surface area contributed by atoms with Crippen LogP contribution in [0, 0.1) is 29.2 Å². The van der Waals surface area contributed by atoms with Gasteiger partial charge in [-0.25, -0.2) is 26.5 Å². The van der Waals surface area contributed by atoms with Gasteiger partial charge in [0.2, 0.25) is 0 Å². The summed E-state index contributed by atoms with van der Waals surface area (Å²) in [6, 6.07) is 0.773. The third-order valence-corrected chi connectivity index (χ3v) is 6.06. The van der Waals surface area contributed by atoms with Crippen LogP contribution >= 0.6 is 0 Å². The molecule has 1 saturated heterocycles. The number of nitrogens with one attached hydrogen (secondary N) is 2. The molecule has 0 radical (unpaired) electrons. The Hall–Kier alpha value is -2.28. The van der Waals surface area contributed by atoms with Gasteiger partial charge in [0.15, 0.2) is 23.3 Å². The Bertz CT molecular complexity index is 977. The van der Waals surface area contributed by atoms with Crippen LogP contribution in [0.4, 0.5) is 23.2 Å². The second-order valence-corrected chi connectivity index (χ2v) is 8.34. The van der Waals surface area contributed by atoms with Gasteiger partial charge in [0.05, 0.1) is 0 Å². The third-order valence-electron chi connectivity index (χ3n) is 4.86. The summed E-state index contributed by atoms with van der Waals surface area (Å²) in [6.45, 7) is 0.955. The fourth-order valence-corrected chi connectivity index (χ4v) is 4.56. The zero-order chi connectivity index (χ0) is 22.2. The summed E-state index contributed by atoms with van der Waals surface area (Å²) in [4.78, 5) is 14.1. The summed E-state index contributed by atoms with van der Waals surface area (Å²) >= 11 is 0. The lowest BCUT2D eigenvalue weighted by molar-refractivity contribution is 0.101. The van der Waals surface area contributed by atoms with Gasteiger partial charge in [-0.3, -0.25) is 4.79 Å². The minimum Gasteiger partial charge on any atom is -0.396 e. The quantitative estimate of drug-likeness (QED) is 0.460. The molecule has 0 saturated carbocycles. The highest BCUT2D eigenvalue weighted by atomic mass is 32.2. The van der Waals surface area contributed by atoms with E-state index in [0.29, 0.717) is 25.2 Å². The maximum absolute atomic E-state index is 14.9. The highest BCUT2D eigenvalue weighted by Crippen LogP contribution is 2.23. The Morgan fingerprint density at radius 1 is 1.17 bits per heavy atom. The highest BCUT2D eigenvalue weighted by Gasteiger charge is 2.33. The second kappa shape index (κ2) is 8.84. The standard InChI is InChI=1S/C18H20F4N4O3S/c1-25-5-9(8-27)13(6-25)24-30(29)14-7-26(2)17(16(14)22)18(28)23-10-3-11(19)15(21)12(20)4-10/h3-4,7,9,13,24,27H,5-6,8H2,1-2H3,(H,23,28). The van der Waals surface area contributed by atoms with E-state index in [9.17, 15) is 31.7 Å². The van der Waals surface area contributed by atoms with Gasteiger partial charge in [0, 0.05) is 62.7 Å². The number of aromatic nitrogens is 1. The van der Waals surface area contributed by atoms with Crippen molar-refractivity contribution in [2.75, 3.05) is 32.1 Å². The van der Waals surface area contributed by atoms with Gasteiger partial charge in [-0.1, -0.05) is 0 Å². The number of halogens is 4. The molecule has 3 rings (SSSR count). The molecule has 1 amide bonds. The molecule has 1 aromatic carbocycles. The number of likely N-dealkylation sites (N-methyl/N-ethyl adjacent to an activating group) is 1. The normalized spacial score (nSPS) is 20.5. The molecule has 3 N–H and O–H groups in total. The SMILES string of the molecule is CN1CC(CO)C(NS(=O)c2cn(C)c(C(=O)Nc3cc(F)c(F)c(F)c3)c2F)C1. The van der Waals surface area contributed by atoms with E-state index in [-0.39, 0.29) is 23.5 Å². The second-order valence-electron chi connectivity index (χ2n) is 7.13. The lowest BCUT2D eigenvalue weighted by Gasteiger charge is -2.16. The summed E-state index contributed by atoms with van der Waals surface area (Å²) in [7, 11) is 1.15. The van der Waals surface area contributed by atoms with Crippen molar-refractivity contribution >= 4 is 22.6 Å². The lowest BCUT2D eigenvalue weighted by atomic mass is 10.1. The number of aliphatic hydroxyl groups excluding tert-OH is 1. The van der Waals surface area contributed by atoms with Crippen LogP contribution in [0.15, 0.2) is 23.2 Å². The minimum atomic E-state index is -2.02. The molecule has 12 heteroatoms. The van der Waals surface area contributed by atoms with E-state index in [4.69, 9.17) is 0 Å². The largest absolute Gasteiger partial charge is 0.396 e. The summed E-state index contributed by atoms with van der Waals surface area (Å²) in [6.07, 6.45) is 1.16. The molecule has 2 heterocycles. The Morgan fingerprint density at radius 2 is 1.80 bits per heavy atom. The van der Waals surface area contributed by atoms with E-state index in [1.165, 1.54) is 7.05 Å². The lowest BCUT2D eigenvalue weighted by Crippen LogP contribution is -2.38. The molecule has 1 aliphatic rings. The molecule has 3 atom stereocenters. The Balaban J connectivity index is 1.79. The number of benzene rings is 1. The van der Waals surface area contributed by atoms with Gasteiger partial charge >= 0.3 is 0 Å². The number of amides is 1. The summed E-state index contributed by atoms with van der Waals surface area (Å²) in [5.41, 5.74) is -0.926. The Morgan fingerprint density at radius 3 is 2.40 bits per heavy atom. The molecule has 0 aliphatic carbocycles. The van der Waals surface area contributed by atoms with E-state index in [0.717, 1.165) is 10.8 Å². The van der Waals surface area contributed by atoms with Gasteiger partial charge < -0.3 is 19.9 Å². The zero-order valence-electron chi connectivity index (χ0n) is 16.1. The number of carbonyl (C=O) groups is 1. The fourth-order valence-electron chi connectivity index (χ4n) is 3.38. The number of hydrogen-bond donors (Lipinski definition) is 3. The summed E-state index contributed by atoms with van der Waals surface area (Å²) < 4.78 is 71.1. The molecule has 164 valence electrons. The number of nitrogens with zero attached hydrogens (tertiary/aromatic N) is 2. The maximum atomic E-state index is 14.9. The molecule has 30 heavy (non-hydrogen) atoms. The number of likely N-dealkylation sites (tertiary alicyclic amines) is 1. The zero-order valence-corrected chi connectivity index (χ0v) is 16.9. The van der Waals surface area contributed by atoms with Gasteiger partial charge in [-0.2, -0.15) is 0 Å². The number of aliphatic hydroxyl groups is 1. The first-order chi connectivity index (χ1) is 14.1. The first kappa shape index (κ1) is 22.4. The van der Waals surface area contributed by atoms with Crippen LogP contribution in [-0.2, 0) is 18.0 Å². The number of hydrogen-bond acceptors (Lipinski definition) is 4. The van der Waals surface area contributed by atoms with E-state index in [1.807, 2.05) is 11.9 Å². The first-order valence-corrected chi connectivity index (χ1v) is 10.0.